The number of carbonyl (C=O) groups is 2. The van der Waals surface area contributed by atoms with Crippen LogP contribution in [0.3, 0.4) is 0 Å². The molecule has 0 spiro atoms. The van der Waals surface area contributed by atoms with E-state index in [-0.39, 0.29) is 24.5 Å². The Hall–Kier alpha value is -2.48. The summed E-state index contributed by atoms with van der Waals surface area (Å²) in [6.45, 7) is 4.53. The number of hydrogen-bond acceptors (Lipinski definition) is 6. The van der Waals surface area contributed by atoms with E-state index in [9.17, 15) is 9.59 Å². The molecule has 0 atom stereocenters. The van der Waals surface area contributed by atoms with Crippen LogP contribution in [-0.2, 0) is 4.79 Å². The predicted octanol–water partition coefficient (Wildman–Crippen LogP) is 1.90. The SMILES string of the molecule is Cc1cc(C(=O)NC2CC(N(CC(=O)O)CC3CC3)C2)c2c(C)noc2n1. The number of rotatable bonds is 7. The molecule has 2 aliphatic rings. The van der Waals surface area contributed by atoms with E-state index in [0.717, 1.165) is 19.4 Å². The molecule has 0 unspecified atom stereocenters. The Morgan fingerprint density at radius 2 is 2.07 bits per heavy atom. The molecular weight excluding hydrogens is 348 g/mol. The molecular formula is C19H24N4O4. The van der Waals surface area contributed by atoms with E-state index in [1.165, 1.54) is 12.8 Å². The highest BCUT2D eigenvalue weighted by Crippen LogP contribution is 2.34. The highest BCUT2D eigenvalue weighted by Gasteiger charge is 2.38. The molecule has 8 heteroatoms. The molecule has 2 saturated carbocycles. The van der Waals surface area contributed by atoms with Crippen molar-refractivity contribution < 1.29 is 19.2 Å². The third-order valence-electron chi connectivity index (χ3n) is 5.48. The Bertz CT molecular complexity index is 883. The van der Waals surface area contributed by atoms with Crippen molar-refractivity contribution in [3.63, 3.8) is 0 Å². The fourth-order valence-corrected chi connectivity index (χ4v) is 3.81. The lowest BCUT2D eigenvalue weighted by molar-refractivity contribution is -0.139. The Kier molecular flexibility index (Phi) is 4.59. The van der Waals surface area contributed by atoms with E-state index < -0.39 is 5.97 Å². The number of aromatic nitrogens is 2. The minimum Gasteiger partial charge on any atom is -0.480 e. The van der Waals surface area contributed by atoms with Crippen molar-refractivity contribution >= 4 is 23.0 Å². The summed E-state index contributed by atoms with van der Waals surface area (Å²) in [5, 5.41) is 16.8. The molecule has 2 aromatic rings. The number of aliphatic carboxylic acids is 1. The maximum Gasteiger partial charge on any atom is 0.317 e. The lowest BCUT2D eigenvalue weighted by atomic mass is 9.85. The van der Waals surface area contributed by atoms with Crippen molar-refractivity contribution in [3.05, 3.63) is 23.0 Å². The van der Waals surface area contributed by atoms with Crippen molar-refractivity contribution in [2.45, 2.75) is 51.6 Å². The Balaban J connectivity index is 1.40. The van der Waals surface area contributed by atoms with Gasteiger partial charge in [0.15, 0.2) is 0 Å². The first-order chi connectivity index (χ1) is 12.9. The molecule has 0 saturated heterocycles. The van der Waals surface area contributed by atoms with Gasteiger partial charge in [-0.2, -0.15) is 0 Å². The number of carbonyl (C=O) groups excluding carboxylic acids is 1. The third-order valence-corrected chi connectivity index (χ3v) is 5.48. The molecule has 2 fully saturated rings. The van der Waals surface area contributed by atoms with E-state index in [2.05, 4.69) is 20.4 Å². The van der Waals surface area contributed by atoms with Crippen LogP contribution >= 0.6 is 0 Å². The van der Waals surface area contributed by atoms with Crippen LogP contribution in [0.2, 0.25) is 0 Å². The predicted molar refractivity (Wildman–Crippen MR) is 97.5 cm³/mol. The van der Waals surface area contributed by atoms with Gasteiger partial charge in [0.1, 0.15) is 0 Å². The molecule has 2 aromatic heterocycles. The van der Waals surface area contributed by atoms with Crippen LogP contribution in [0.1, 0.15) is 47.4 Å². The zero-order valence-electron chi connectivity index (χ0n) is 15.6. The first kappa shape index (κ1) is 17.9. The molecule has 4 rings (SSSR count). The minimum absolute atomic E-state index is 0.0571. The summed E-state index contributed by atoms with van der Waals surface area (Å²) in [7, 11) is 0. The Labute approximate surface area is 156 Å². The number of aryl methyl sites for hydroxylation is 2. The number of carboxylic acids is 1. The molecule has 0 bridgehead atoms. The fourth-order valence-electron chi connectivity index (χ4n) is 3.81. The summed E-state index contributed by atoms with van der Waals surface area (Å²) < 4.78 is 5.19. The minimum atomic E-state index is -0.791. The van der Waals surface area contributed by atoms with Crippen molar-refractivity contribution in [1.82, 2.24) is 20.4 Å². The monoisotopic (exact) mass is 372 g/mol. The summed E-state index contributed by atoms with van der Waals surface area (Å²) in [4.78, 5) is 30.3. The van der Waals surface area contributed by atoms with E-state index in [0.29, 0.717) is 34.0 Å². The summed E-state index contributed by atoms with van der Waals surface area (Å²) in [5.41, 5.74) is 2.25. The molecule has 0 aromatic carbocycles. The maximum absolute atomic E-state index is 12.8. The normalized spacial score (nSPS) is 22.0. The average Bonchev–Trinajstić information content (AvgIpc) is 3.30. The molecule has 0 radical (unpaired) electrons. The maximum atomic E-state index is 12.8. The average molecular weight is 372 g/mol. The summed E-state index contributed by atoms with van der Waals surface area (Å²) >= 11 is 0. The number of pyridine rings is 1. The zero-order chi connectivity index (χ0) is 19.1. The second-order valence-corrected chi connectivity index (χ2v) is 7.82. The number of carboxylic acid groups (broad SMARTS) is 1. The summed E-state index contributed by atoms with van der Waals surface area (Å²) in [6.07, 6.45) is 3.94. The van der Waals surface area contributed by atoms with E-state index >= 15 is 0 Å². The molecule has 2 N–H and O–H groups in total. The molecule has 1 amide bonds. The van der Waals surface area contributed by atoms with Crippen LogP contribution in [0.4, 0.5) is 0 Å². The van der Waals surface area contributed by atoms with Gasteiger partial charge >= 0.3 is 5.97 Å². The molecule has 2 aliphatic carbocycles. The first-order valence-corrected chi connectivity index (χ1v) is 9.41. The summed E-state index contributed by atoms with van der Waals surface area (Å²) in [6, 6.07) is 2.03. The molecule has 0 aliphatic heterocycles. The standard InChI is InChI=1S/C19H24N4O4/c1-10-5-15(17-11(2)22-27-19(17)20-10)18(26)21-13-6-14(7-13)23(9-16(24)25)8-12-3-4-12/h5,12-14H,3-4,6-9H2,1-2H3,(H,21,26)(H,24,25). The number of amides is 1. The van der Waals surface area contributed by atoms with Crippen LogP contribution in [0.5, 0.6) is 0 Å². The van der Waals surface area contributed by atoms with E-state index in [4.69, 9.17) is 9.63 Å². The van der Waals surface area contributed by atoms with Crippen LogP contribution in [-0.4, -0.2) is 57.2 Å². The van der Waals surface area contributed by atoms with Gasteiger partial charge in [0, 0.05) is 24.3 Å². The zero-order valence-corrected chi connectivity index (χ0v) is 15.6. The molecule has 2 heterocycles. The lowest BCUT2D eigenvalue weighted by Gasteiger charge is -2.42. The molecule has 144 valence electrons. The van der Waals surface area contributed by atoms with Gasteiger partial charge in [-0.25, -0.2) is 4.98 Å². The lowest BCUT2D eigenvalue weighted by Crippen LogP contribution is -2.55. The topological polar surface area (TPSA) is 109 Å². The van der Waals surface area contributed by atoms with Crippen LogP contribution in [0.15, 0.2) is 10.6 Å². The van der Waals surface area contributed by atoms with Crippen LogP contribution in [0.25, 0.3) is 11.1 Å². The van der Waals surface area contributed by atoms with Gasteiger partial charge in [0.2, 0.25) is 0 Å². The number of hydrogen-bond donors (Lipinski definition) is 2. The Morgan fingerprint density at radius 1 is 1.33 bits per heavy atom. The van der Waals surface area contributed by atoms with E-state index in [1.807, 2.05) is 6.92 Å². The van der Waals surface area contributed by atoms with Crippen LogP contribution < -0.4 is 5.32 Å². The van der Waals surface area contributed by atoms with Gasteiger partial charge in [-0.15, -0.1) is 0 Å². The van der Waals surface area contributed by atoms with Crippen molar-refractivity contribution in [3.8, 4) is 0 Å². The number of nitrogens with one attached hydrogen (secondary N) is 1. The van der Waals surface area contributed by atoms with Gasteiger partial charge in [0.25, 0.3) is 11.6 Å². The van der Waals surface area contributed by atoms with Gasteiger partial charge < -0.3 is 14.9 Å². The third kappa shape index (κ3) is 3.80. The van der Waals surface area contributed by atoms with Gasteiger partial charge in [0.05, 0.1) is 23.2 Å². The van der Waals surface area contributed by atoms with Crippen molar-refractivity contribution in [2.24, 2.45) is 5.92 Å². The summed E-state index contributed by atoms with van der Waals surface area (Å²) in [5.74, 6) is -0.310. The van der Waals surface area contributed by atoms with Gasteiger partial charge in [-0.3, -0.25) is 14.5 Å². The molecule has 8 nitrogen and oxygen atoms in total. The van der Waals surface area contributed by atoms with Crippen molar-refractivity contribution in [1.29, 1.82) is 0 Å². The van der Waals surface area contributed by atoms with Gasteiger partial charge in [-0.05, 0) is 51.5 Å². The highest BCUT2D eigenvalue weighted by molar-refractivity contribution is 6.06. The Morgan fingerprint density at radius 3 is 2.74 bits per heavy atom. The number of fused-ring (bicyclic) bond motifs is 1. The van der Waals surface area contributed by atoms with E-state index in [1.54, 1.807) is 13.0 Å². The fraction of sp³-hybridized carbons (Fsp3) is 0.579. The first-order valence-electron chi connectivity index (χ1n) is 9.41. The van der Waals surface area contributed by atoms with Crippen molar-refractivity contribution in [2.75, 3.05) is 13.1 Å². The second kappa shape index (κ2) is 6.92. The van der Waals surface area contributed by atoms with Crippen LogP contribution in [0, 0.1) is 19.8 Å². The van der Waals surface area contributed by atoms with Gasteiger partial charge in [-0.1, -0.05) is 5.16 Å². The largest absolute Gasteiger partial charge is 0.480 e. The highest BCUT2D eigenvalue weighted by atomic mass is 16.5. The quantitative estimate of drug-likeness (QED) is 0.764. The number of nitrogens with zero attached hydrogens (tertiary/aromatic N) is 3. The second-order valence-electron chi connectivity index (χ2n) is 7.82. The smallest absolute Gasteiger partial charge is 0.317 e. The molecule has 27 heavy (non-hydrogen) atoms.